The van der Waals surface area contributed by atoms with Crippen LogP contribution < -0.4 is 5.32 Å². The Bertz CT molecular complexity index is 494. The van der Waals surface area contributed by atoms with E-state index in [1.54, 1.807) is 6.20 Å². The third-order valence-electron chi connectivity index (χ3n) is 5.10. The van der Waals surface area contributed by atoms with Crippen molar-refractivity contribution in [1.29, 1.82) is 0 Å². The van der Waals surface area contributed by atoms with E-state index in [1.807, 2.05) is 4.90 Å². The van der Waals surface area contributed by atoms with E-state index >= 15 is 0 Å². The Morgan fingerprint density at radius 3 is 2.50 bits per heavy atom. The van der Waals surface area contributed by atoms with Gasteiger partial charge in [0, 0.05) is 19.0 Å². The molecule has 5 nitrogen and oxygen atoms in total. The lowest BCUT2D eigenvalue weighted by molar-refractivity contribution is 0.0753. The first-order valence-electron chi connectivity index (χ1n) is 7.86. The Morgan fingerprint density at radius 1 is 1.15 bits per heavy atom. The molecular weight excluding hydrogens is 252 g/mol. The predicted octanol–water partition coefficient (Wildman–Crippen LogP) is 1.36. The number of hydrogen-bond donors (Lipinski definition) is 2. The van der Waals surface area contributed by atoms with Gasteiger partial charge in [0.15, 0.2) is 0 Å². The topological polar surface area (TPSA) is 61.0 Å². The van der Waals surface area contributed by atoms with Crippen molar-refractivity contribution in [2.24, 2.45) is 11.8 Å². The highest BCUT2D eigenvalue weighted by Gasteiger charge is 2.32. The maximum absolute atomic E-state index is 12.6. The van der Waals surface area contributed by atoms with Gasteiger partial charge in [-0.05, 0) is 50.6 Å². The van der Waals surface area contributed by atoms with Crippen molar-refractivity contribution in [2.75, 3.05) is 26.2 Å². The number of nitrogens with zero attached hydrogens (tertiary/aromatic N) is 2. The number of aromatic nitrogens is 2. The third-order valence-corrected chi connectivity index (χ3v) is 5.10. The zero-order valence-electron chi connectivity index (χ0n) is 11.8. The largest absolute Gasteiger partial charge is 0.338 e. The van der Waals surface area contributed by atoms with Crippen molar-refractivity contribution < 1.29 is 4.79 Å². The second kappa shape index (κ2) is 4.88. The summed E-state index contributed by atoms with van der Waals surface area (Å²) in [6.45, 7) is 4.03. The Kier molecular flexibility index (Phi) is 3.02. The molecular formula is C15H22N4O. The Balaban J connectivity index is 1.44. The van der Waals surface area contributed by atoms with E-state index in [0.29, 0.717) is 11.6 Å². The molecule has 2 atom stereocenters. The molecule has 2 aliphatic heterocycles. The fourth-order valence-electron chi connectivity index (χ4n) is 3.60. The minimum Gasteiger partial charge on any atom is -0.338 e. The van der Waals surface area contributed by atoms with Crippen LogP contribution in [0.1, 0.15) is 47.9 Å². The summed E-state index contributed by atoms with van der Waals surface area (Å²) in [6.07, 6.45) is 6.41. The molecule has 0 spiro atoms. The molecule has 1 aliphatic carbocycles. The average Bonchev–Trinajstić information content (AvgIpc) is 3.09. The number of carbonyl (C=O) groups excluding carboxylic acids is 1. The van der Waals surface area contributed by atoms with Crippen molar-refractivity contribution in [1.82, 2.24) is 20.2 Å². The molecule has 0 radical (unpaired) electrons. The number of carbonyl (C=O) groups is 1. The van der Waals surface area contributed by atoms with Crippen molar-refractivity contribution in [2.45, 2.75) is 31.6 Å². The summed E-state index contributed by atoms with van der Waals surface area (Å²) in [5.41, 5.74) is 0.678. The minimum absolute atomic E-state index is 0.136. The monoisotopic (exact) mass is 274 g/mol. The van der Waals surface area contributed by atoms with Crippen molar-refractivity contribution >= 4 is 5.91 Å². The molecule has 1 amide bonds. The van der Waals surface area contributed by atoms with Crippen LogP contribution in [0, 0.1) is 11.8 Å². The molecule has 0 unspecified atom stereocenters. The number of imidazole rings is 1. The second-order valence-corrected chi connectivity index (χ2v) is 6.50. The molecule has 0 aromatic carbocycles. The van der Waals surface area contributed by atoms with Crippen LogP contribution in [0.4, 0.5) is 0 Å². The highest BCUT2D eigenvalue weighted by Crippen LogP contribution is 2.38. The lowest BCUT2D eigenvalue weighted by atomic mass is 9.92. The average molecular weight is 274 g/mol. The van der Waals surface area contributed by atoms with E-state index in [2.05, 4.69) is 15.3 Å². The van der Waals surface area contributed by atoms with Gasteiger partial charge in [0.25, 0.3) is 5.91 Å². The molecule has 108 valence electrons. The number of aromatic amines is 1. The quantitative estimate of drug-likeness (QED) is 0.856. The van der Waals surface area contributed by atoms with Crippen LogP contribution in [-0.4, -0.2) is 47.0 Å². The molecule has 1 saturated carbocycles. The van der Waals surface area contributed by atoms with Gasteiger partial charge in [0.05, 0.1) is 6.20 Å². The molecule has 3 heterocycles. The van der Waals surface area contributed by atoms with Crippen molar-refractivity contribution in [3.63, 3.8) is 0 Å². The zero-order chi connectivity index (χ0) is 13.5. The van der Waals surface area contributed by atoms with Crippen LogP contribution in [0.3, 0.4) is 0 Å². The highest BCUT2D eigenvalue weighted by molar-refractivity contribution is 5.92. The normalized spacial score (nSPS) is 30.1. The minimum atomic E-state index is 0.136. The van der Waals surface area contributed by atoms with Gasteiger partial charge in [-0.3, -0.25) is 4.79 Å². The van der Waals surface area contributed by atoms with E-state index in [9.17, 15) is 4.79 Å². The van der Waals surface area contributed by atoms with E-state index < -0.39 is 0 Å². The number of H-pyrrole nitrogens is 1. The molecule has 1 aromatic rings. The van der Waals surface area contributed by atoms with E-state index in [4.69, 9.17) is 0 Å². The first-order valence-corrected chi connectivity index (χ1v) is 7.86. The van der Waals surface area contributed by atoms with Gasteiger partial charge < -0.3 is 15.2 Å². The van der Waals surface area contributed by atoms with Crippen LogP contribution in [0.2, 0.25) is 0 Å². The van der Waals surface area contributed by atoms with E-state index in [-0.39, 0.29) is 5.91 Å². The summed E-state index contributed by atoms with van der Waals surface area (Å²) >= 11 is 0. The van der Waals surface area contributed by atoms with Gasteiger partial charge in [-0.2, -0.15) is 0 Å². The molecule has 4 rings (SSSR count). The van der Waals surface area contributed by atoms with Gasteiger partial charge in [-0.25, -0.2) is 4.98 Å². The molecule has 20 heavy (non-hydrogen) atoms. The number of nitrogens with one attached hydrogen (secondary N) is 2. The Morgan fingerprint density at radius 2 is 1.85 bits per heavy atom. The SMILES string of the molecule is O=C(c1cnc(C2CC2)[nH]1)N1CC[C@@H]2CNC[C@@H]2CC1. The van der Waals surface area contributed by atoms with Crippen LogP contribution in [0.5, 0.6) is 0 Å². The Labute approximate surface area is 119 Å². The summed E-state index contributed by atoms with van der Waals surface area (Å²) in [4.78, 5) is 22.2. The molecule has 3 fully saturated rings. The highest BCUT2D eigenvalue weighted by atomic mass is 16.2. The lowest BCUT2D eigenvalue weighted by Crippen LogP contribution is -2.33. The first kappa shape index (κ1) is 12.4. The van der Waals surface area contributed by atoms with Crippen molar-refractivity contribution in [3.05, 3.63) is 17.7 Å². The molecule has 3 aliphatic rings. The predicted molar refractivity (Wildman–Crippen MR) is 75.5 cm³/mol. The van der Waals surface area contributed by atoms with E-state index in [1.165, 1.54) is 12.8 Å². The van der Waals surface area contributed by atoms with Gasteiger partial charge in [-0.15, -0.1) is 0 Å². The zero-order valence-corrected chi connectivity index (χ0v) is 11.8. The number of rotatable bonds is 2. The number of likely N-dealkylation sites (tertiary alicyclic amines) is 1. The fraction of sp³-hybridized carbons (Fsp3) is 0.733. The fourth-order valence-corrected chi connectivity index (χ4v) is 3.60. The van der Waals surface area contributed by atoms with E-state index in [0.717, 1.165) is 56.7 Å². The smallest absolute Gasteiger partial charge is 0.271 e. The van der Waals surface area contributed by atoms with Crippen LogP contribution in [-0.2, 0) is 0 Å². The summed E-state index contributed by atoms with van der Waals surface area (Å²) in [5, 5.41) is 3.47. The summed E-state index contributed by atoms with van der Waals surface area (Å²) < 4.78 is 0. The van der Waals surface area contributed by atoms with Crippen LogP contribution >= 0.6 is 0 Å². The maximum Gasteiger partial charge on any atom is 0.271 e. The van der Waals surface area contributed by atoms with Crippen LogP contribution in [0.25, 0.3) is 0 Å². The van der Waals surface area contributed by atoms with Crippen LogP contribution in [0.15, 0.2) is 6.20 Å². The molecule has 2 N–H and O–H groups in total. The number of hydrogen-bond acceptors (Lipinski definition) is 3. The Hall–Kier alpha value is -1.36. The first-order chi connectivity index (χ1) is 9.81. The summed E-state index contributed by atoms with van der Waals surface area (Å²) in [5.74, 6) is 3.24. The molecule has 2 saturated heterocycles. The standard InChI is InChI=1S/C15H22N4O/c20-15(13-9-17-14(18-13)10-1-2-10)19-5-3-11-7-16-8-12(11)4-6-19/h9-12,16H,1-8H2,(H,17,18)/t11-,12+. The van der Waals surface area contributed by atoms with Crippen molar-refractivity contribution in [3.8, 4) is 0 Å². The molecule has 5 heteroatoms. The van der Waals surface area contributed by atoms with Gasteiger partial charge in [0.1, 0.15) is 11.5 Å². The molecule has 0 bridgehead atoms. The summed E-state index contributed by atoms with van der Waals surface area (Å²) in [6, 6.07) is 0. The lowest BCUT2D eigenvalue weighted by Gasteiger charge is -2.19. The van der Waals surface area contributed by atoms with Gasteiger partial charge in [0.2, 0.25) is 0 Å². The van der Waals surface area contributed by atoms with Gasteiger partial charge in [-0.1, -0.05) is 0 Å². The van der Waals surface area contributed by atoms with Gasteiger partial charge >= 0.3 is 0 Å². The summed E-state index contributed by atoms with van der Waals surface area (Å²) in [7, 11) is 0. The third kappa shape index (κ3) is 2.24. The number of amides is 1. The number of fused-ring (bicyclic) bond motifs is 1. The maximum atomic E-state index is 12.6. The second-order valence-electron chi connectivity index (χ2n) is 6.50. The molecule has 1 aromatic heterocycles.